The lowest BCUT2D eigenvalue weighted by molar-refractivity contribution is 0.0910. The second kappa shape index (κ2) is 7.20. The molecule has 8 heteroatoms. The molecular weight excluding hydrogens is 338 g/mol. The van der Waals surface area contributed by atoms with Crippen LogP contribution in [0, 0.1) is 0 Å². The largest absolute Gasteiger partial charge is 0.341 e. The van der Waals surface area contributed by atoms with Crippen molar-refractivity contribution >= 4 is 29.7 Å². The number of pyridine rings is 1. The highest BCUT2D eigenvalue weighted by Crippen LogP contribution is 2.19. The number of para-hydroxylation sites is 1. The van der Waals surface area contributed by atoms with Crippen LogP contribution in [0.4, 0.5) is 0 Å². The summed E-state index contributed by atoms with van der Waals surface area (Å²) < 4.78 is 6.38. The van der Waals surface area contributed by atoms with Gasteiger partial charge in [0.2, 0.25) is 0 Å². The monoisotopic (exact) mass is 357 g/mol. The van der Waals surface area contributed by atoms with E-state index in [1.807, 2.05) is 44.2 Å². The molecule has 1 amide bonds. The second-order valence-electron chi connectivity index (χ2n) is 6.20. The minimum Gasteiger partial charge on any atom is -0.341 e. The van der Waals surface area contributed by atoms with Gasteiger partial charge in [0.25, 0.3) is 5.91 Å². The van der Waals surface area contributed by atoms with Crippen LogP contribution in [0.1, 0.15) is 29.9 Å². The van der Waals surface area contributed by atoms with Gasteiger partial charge in [0.1, 0.15) is 5.69 Å². The van der Waals surface area contributed by atoms with Crippen LogP contribution in [0.2, 0.25) is 0 Å². The van der Waals surface area contributed by atoms with Gasteiger partial charge in [0.05, 0.1) is 36.0 Å². The van der Waals surface area contributed by atoms with E-state index in [1.54, 1.807) is 17.1 Å². The first-order chi connectivity index (χ1) is 12.0. The number of nitrogens with one attached hydrogen (secondary N) is 1. The maximum atomic E-state index is 12.6. The molecule has 1 aromatic carbocycles. The number of benzene rings is 1. The smallest absolute Gasteiger partial charge is 0.253 e. The lowest BCUT2D eigenvalue weighted by Gasteiger charge is -2.23. The average molecular weight is 357 g/mol. The summed E-state index contributed by atoms with van der Waals surface area (Å²) in [6.45, 7) is 4.71. The zero-order chi connectivity index (χ0) is 17.9. The number of rotatable bonds is 6. The quantitative estimate of drug-likeness (QED) is 0.523. The van der Waals surface area contributed by atoms with Gasteiger partial charge in [0.15, 0.2) is 0 Å². The molecule has 0 radical (unpaired) electrons. The van der Waals surface area contributed by atoms with Gasteiger partial charge in [-0.2, -0.15) is 0 Å². The van der Waals surface area contributed by atoms with Crippen molar-refractivity contribution < 1.29 is 8.98 Å². The molecule has 25 heavy (non-hydrogen) atoms. The number of carbonyl (C=O) groups is 1. The minimum atomic E-state index is -0.678. The Morgan fingerprint density at radius 3 is 2.96 bits per heavy atom. The van der Waals surface area contributed by atoms with Crippen LogP contribution in [0.3, 0.4) is 0 Å². The third kappa shape index (κ3) is 3.97. The van der Waals surface area contributed by atoms with Crippen LogP contribution in [0.15, 0.2) is 42.7 Å². The Morgan fingerprint density at radius 2 is 2.16 bits per heavy atom. The second-order valence-corrected chi connectivity index (χ2v) is 6.45. The summed E-state index contributed by atoms with van der Waals surface area (Å²) in [5.74, 6) is -0.212. The van der Waals surface area contributed by atoms with Crippen molar-refractivity contribution in [1.29, 1.82) is 0 Å². The van der Waals surface area contributed by atoms with E-state index in [0.29, 0.717) is 24.4 Å². The molecule has 0 saturated carbocycles. The molecule has 3 rings (SSSR count). The van der Waals surface area contributed by atoms with Gasteiger partial charge >= 0.3 is 0 Å². The Balaban J connectivity index is 1.76. The molecule has 2 aromatic heterocycles. The van der Waals surface area contributed by atoms with Crippen molar-refractivity contribution in [3.8, 4) is 0 Å². The van der Waals surface area contributed by atoms with Gasteiger partial charge in [-0.1, -0.05) is 23.4 Å². The number of nitrogens with zero attached hydrogens (tertiary/aromatic N) is 4. The van der Waals surface area contributed by atoms with Crippen LogP contribution in [0.5, 0.6) is 0 Å². The molecule has 0 atom stereocenters. The Labute approximate surface area is 151 Å². The predicted octanol–water partition coefficient (Wildman–Crippen LogP) is 2.35. The fourth-order valence-corrected chi connectivity index (χ4v) is 2.53. The van der Waals surface area contributed by atoms with Crippen molar-refractivity contribution in [1.82, 2.24) is 25.3 Å². The topological polar surface area (TPSA) is 81.9 Å². The van der Waals surface area contributed by atoms with Crippen LogP contribution >= 0.6 is 12.9 Å². The number of hydrogen-bond donors (Lipinski definition) is 2. The average Bonchev–Trinajstić information content (AvgIpc) is 3.09. The minimum absolute atomic E-state index is 0.212. The van der Waals surface area contributed by atoms with Gasteiger partial charge in [-0.25, -0.2) is 4.68 Å². The SMILES string of the molecule is CC(C)(NC(=O)c1cnc2ccccc2c1)c1cn(CCOS)nn1. The number of aromatic nitrogens is 4. The van der Waals surface area contributed by atoms with E-state index in [-0.39, 0.29) is 5.91 Å². The molecule has 130 valence electrons. The van der Waals surface area contributed by atoms with Gasteiger partial charge in [-0.15, -0.1) is 5.10 Å². The Hall–Kier alpha value is -2.45. The van der Waals surface area contributed by atoms with Crippen molar-refractivity contribution in [3.63, 3.8) is 0 Å². The standard InChI is InChI=1S/C17H19N5O2S/c1-17(2,15-11-22(21-20-15)7-8-24-25)19-16(23)13-9-12-5-3-4-6-14(12)18-10-13/h3-6,9-11,25H,7-8H2,1-2H3,(H,19,23). The van der Waals surface area contributed by atoms with E-state index in [4.69, 9.17) is 4.18 Å². The van der Waals surface area contributed by atoms with E-state index >= 15 is 0 Å². The van der Waals surface area contributed by atoms with Crippen LogP contribution in [0.25, 0.3) is 10.9 Å². The molecule has 1 N–H and O–H groups in total. The van der Waals surface area contributed by atoms with E-state index in [9.17, 15) is 4.79 Å². The molecular formula is C17H19N5O2S. The number of fused-ring (bicyclic) bond motifs is 1. The highest BCUT2D eigenvalue weighted by atomic mass is 32.1. The highest BCUT2D eigenvalue weighted by molar-refractivity contribution is 7.75. The Kier molecular flexibility index (Phi) is 5.00. The first-order valence-corrected chi connectivity index (χ1v) is 8.20. The number of hydrogen-bond acceptors (Lipinski definition) is 6. The van der Waals surface area contributed by atoms with Gasteiger partial charge < -0.3 is 9.50 Å². The van der Waals surface area contributed by atoms with E-state index in [2.05, 4.69) is 33.5 Å². The molecule has 0 aliphatic heterocycles. The number of thiol groups is 1. The normalized spacial score (nSPS) is 11.6. The predicted molar refractivity (Wildman–Crippen MR) is 97.2 cm³/mol. The fourth-order valence-electron chi connectivity index (χ4n) is 2.44. The third-order valence-electron chi connectivity index (χ3n) is 3.87. The molecule has 0 unspecified atom stereocenters. The lowest BCUT2D eigenvalue weighted by Crippen LogP contribution is -2.41. The molecule has 2 heterocycles. The van der Waals surface area contributed by atoms with Gasteiger partial charge in [-0.3, -0.25) is 9.78 Å². The summed E-state index contributed by atoms with van der Waals surface area (Å²) in [5, 5.41) is 12.1. The summed E-state index contributed by atoms with van der Waals surface area (Å²) in [4.78, 5) is 16.9. The van der Waals surface area contributed by atoms with Crippen LogP contribution < -0.4 is 5.32 Å². The maximum absolute atomic E-state index is 12.6. The first kappa shape index (κ1) is 17.4. The van der Waals surface area contributed by atoms with Gasteiger partial charge in [0, 0.05) is 11.6 Å². The summed E-state index contributed by atoms with van der Waals surface area (Å²) in [5.41, 5.74) is 1.34. The maximum Gasteiger partial charge on any atom is 0.253 e. The molecule has 7 nitrogen and oxygen atoms in total. The zero-order valence-electron chi connectivity index (χ0n) is 14.0. The Morgan fingerprint density at radius 1 is 1.36 bits per heavy atom. The fraction of sp³-hybridized carbons (Fsp3) is 0.294. The third-order valence-corrected chi connectivity index (χ3v) is 4.05. The van der Waals surface area contributed by atoms with Crippen LogP contribution in [-0.2, 0) is 16.3 Å². The molecule has 0 aliphatic rings. The molecule has 0 bridgehead atoms. The van der Waals surface area contributed by atoms with Crippen LogP contribution in [-0.4, -0.2) is 32.5 Å². The highest BCUT2D eigenvalue weighted by Gasteiger charge is 2.27. The van der Waals surface area contributed by atoms with Crippen molar-refractivity contribution in [2.24, 2.45) is 0 Å². The lowest BCUT2D eigenvalue weighted by atomic mass is 10.0. The molecule has 0 saturated heterocycles. The molecule has 0 spiro atoms. The van der Waals surface area contributed by atoms with Crippen molar-refractivity contribution in [2.75, 3.05) is 6.61 Å². The molecule has 0 fully saturated rings. The van der Waals surface area contributed by atoms with E-state index in [0.717, 1.165) is 10.9 Å². The summed E-state index contributed by atoms with van der Waals surface area (Å²) >= 11 is 3.70. The van der Waals surface area contributed by atoms with Crippen molar-refractivity contribution in [2.45, 2.75) is 25.9 Å². The first-order valence-electron chi connectivity index (χ1n) is 7.84. The van der Waals surface area contributed by atoms with E-state index < -0.39 is 5.54 Å². The summed E-state index contributed by atoms with van der Waals surface area (Å²) in [6, 6.07) is 9.50. The summed E-state index contributed by atoms with van der Waals surface area (Å²) in [7, 11) is 0. The molecule has 3 aromatic rings. The Bertz CT molecular complexity index is 893. The van der Waals surface area contributed by atoms with Crippen molar-refractivity contribution in [3.05, 3.63) is 54.0 Å². The van der Waals surface area contributed by atoms with Gasteiger partial charge in [-0.05, 0) is 38.9 Å². The summed E-state index contributed by atoms with van der Waals surface area (Å²) in [6.07, 6.45) is 3.36. The van der Waals surface area contributed by atoms with E-state index in [1.165, 1.54) is 0 Å². The zero-order valence-corrected chi connectivity index (χ0v) is 14.9. The number of carbonyl (C=O) groups excluding carboxylic acids is 1. The number of amides is 1. The molecule has 0 aliphatic carbocycles.